The summed E-state index contributed by atoms with van der Waals surface area (Å²) in [6.07, 6.45) is 7.66. The zero-order valence-electron chi connectivity index (χ0n) is 16.6. The molecule has 11 heteroatoms. The van der Waals surface area contributed by atoms with Crippen molar-refractivity contribution in [1.82, 2.24) is 19.9 Å². The molecule has 0 saturated carbocycles. The number of ether oxygens (including phenoxy) is 3. The molecule has 9 nitrogen and oxygen atoms in total. The maximum atomic E-state index is 11.4. The Morgan fingerprint density at radius 3 is 1.79 bits per heavy atom. The van der Waals surface area contributed by atoms with Gasteiger partial charge in [0, 0.05) is 44.9 Å². The van der Waals surface area contributed by atoms with Gasteiger partial charge in [-0.3, -0.25) is 4.79 Å². The average molecular weight is 629 g/mol. The molecular formula is C18H25I2N5O4. The topological polar surface area (TPSA) is 122 Å². The summed E-state index contributed by atoms with van der Waals surface area (Å²) in [5.41, 5.74) is 4.79. The second-order valence-corrected chi connectivity index (χ2v) is 9.03. The van der Waals surface area contributed by atoms with Crippen LogP contribution >= 0.6 is 45.2 Å². The molecule has 2 N–H and O–H groups in total. The van der Waals surface area contributed by atoms with Crippen LogP contribution in [0.2, 0.25) is 0 Å². The Morgan fingerprint density at radius 2 is 1.38 bits per heavy atom. The van der Waals surface area contributed by atoms with E-state index in [1.165, 1.54) is 0 Å². The quantitative estimate of drug-likeness (QED) is 0.267. The molecule has 0 spiro atoms. The molecular weight excluding hydrogens is 604 g/mol. The molecule has 0 radical (unpaired) electrons. The van der Waals surface area contributed by atoms with Gasteiger partial charge in [-0.25, -0.2) is 19.9 Å². The molecule has 2 aromatic heterocycles. The summed E-state index contributed by atoms with van der Waals surface area (Å²) in [6.45, 7) is 6.89. The smallest absolute Gasteiger partial charge is 0.316 e. The van der Waals surface area contributed by atoms with Crippen molar-refractivity contribution in [1.29, 1.82) is 0 Å². The molecule has 2 rings (SSSR count). The SMILES string of the molecule is CC(C)(C)OC(=O)CCCOc1ncc(I)cn1.NCCOc1ncc(I)cn1. The number of carbonyl (C=O) groups excluding carboxylic acids is 1. The molecule has 0 aliphatic carbocycles. The molecule has 0 fully saturated rings. The fraction of sp³-hybridized carbons (Fsp3) is 0.500. The first-order chi connectivity index (χ1) is 13.7. The Labute approximate surface area is 197 Å². The third-order valence-electron chi connectivity index (χ3n) is 2.72. The highest BCUT2D eigenvalue weighted by atomic mass is 127. The van der Waals surface area contributed by atoms with Gasteiger partial charge in [0.15, 0.2) is 0 Å². The predicted molar refractivity (Wildman–Crippen MR) is 125 cm³/mol. The number of nitrogens with two attached hydrogens (primary N) is 1. The van der Waals surface area contributed by atoms with Crippen LogP contribution in [0.3, 0.4) is 0 Å². The second-order valence-electron chi connectivity index (χ2n) is 6.54. The van der Waals surface area contributed by atoms with Crippen molar-refractivity contribution in [2.45, 2.75) is 39.2 Å². The van der Waals surface area contributed by atoms with E-state index in [1.54, 1.807) is 24.8 Å². The lowest BCUT2D eigenvalue weighted by Gasteiger charge is -2.19. The van der Waals surface area contributed by atoms with E-state index in [1.807, 2.05) is 20.8 Å². The van der Waals surface area contributed by atoms with Crippen LogP contribution in [0.1, 0.15) is 33.6 Å². The van der Waals surface area contributed by atoms with E-state index in [4.69, 9.17) is 19.9 Å². The van der Waals surface area contributed by atoms with Crippen molar-refractivity contribution in [3.8, 4) is 12.0 Å². The third-order valence-corrected chi connectivity index (χ3v) is 3.83. The molecule has 2 heterocycles. The molecule has 0 aliphatic rings. The number of aromatic nitrogens is 4. The molecule has 0 atom stereocenters. The summed E-state index contributed by atoms with van der Waals surface area (Å²) >= 11 is 4.25. The first-order valence-corrected chi connectivity index (χ1v) is 11.0. The van der Waals surface area contributed by atoms with E-state index < -0.39 is 5.60 Å². The maximum absolute atomic E-state index is 11.4. The Balaban J connectivity index is 0.000000326. The van der Waals surface area contributed by atoms with Crippen LogP contribution in [0.5, 0.6) is 12.0 Å². The van der Waals surface area contributed by atoms with Gasteiger partial charge in [0.2, 0.25) is 0 Å². The third kappa shape index (κ3) is 13.5. The van der Waals surface area contributed by atoms with Crippen molar-refractivity contribution >= 4 is 51.2 Å². The van der Waals surface area contributed by atoms with Crippen LogP contribution in [-0.2, 0) is 9.53 Å². The van der Waals surface area contributed by atoms with Crippen molar-refractivity contribution in [3.63, 3.8) is 0 Å². The van der Waals surface area contributed by atoms with Crippen molar-refractivity contribution in [3.05, 3.63) is 31.9 Å². The van der Waals surface area contributed by atoms with Gasteiger partial charge in [-0.15, -0.1) is 0 Å². The summed E-state index contributed by atoms with van der Waals surface area (Å²) in [5, 5.41) is 0. The van der Waals surface area contributed by atoms with Crippen LogP contribution in [0.25, 0.3) is 0 Å². The first kappa shape index (κ1) is 25.7. The zero-order chi connectivity index (χ0) is 21.7. The van der Waals surface area contributed by atoms with Crippen LogP contribution in [0, 0.1) is 7.14 Å². The molecule has 0 aromatic carbocycles. The van der Waals surface area contributed by atoms with Gasteiger partial charge >= 0.3 is 18.0 Å². The van der Waals surface area contributed by atoms with Gasteiger partial charge < -0.3 is 19.9 Å². The maximum Gasteiger partial charge on any atom is 0.316 e. The predicted octanol–water partition coefficient (Wildman–Crippen LogP) is 3.00. The molecule has 160 valence electrons. The largest absolute Gasteiger partial charge is 0.463 e. The summed E-state index contributed by atoms with van der Waals surface area (Å²) in [5.74, 6) is -0.213. The molecule has 0 aliphatic heterocycles. The Kier molecular flexibility index (Phi) is 12.2. The normalized spacial score (nSPS) is 10.6. The fourth-order valence-electron chi connectivity index (χ4n) is 1.67. The van der Waals surface area contributed by atoms with Gasteiger partial charge in [-0.05, 0) is 72.4 Å². The van der Waals surface area contributed by atoms with Crippen molar-refractivity contribution in [2.75, 3.05) is 19.8 Å². The van der Waals surface area contributed by atoms with Crippen LogP contribution in [0.4, 0.5) is 0 Å². The number of halogens is 2. The minimum Gasteiger partial charge on any atom is -0.463 e. The minimum absolute atomic E-state index is 0.213. The van der Waals surface area contributed by atoms with Crippen LogP contribution in [-0.4, -0.2) is 51.3 Å². The Bertz CT molecular complexity index is 725. The average Bonchev–Trinajstić information content (AvgIpc) is 2.65. The van der Waals surface area contributed by atoms with Gasteiger partial charge in [0.05, 0.1) is 6.61 Å². The number of hydrogen-bond acceptors (Lipinski definition) is 9. The Morgan fingerprint density at radius 1 is 0.931 bits per heavy atom. The van der Waals surface area contributed by atoms with E-state index in [2.05, 4.69) is 65.1 Å². The van der Waals surface area contributed by atoms with Crippen molar-refractivity contribution < 1.29 is 19.0 Å². The lowest BCUT2D eigenvalue weighted by atomic mass is 10.2. The van der Waals surface area contributed by atoms with E-state index in [-0.39, 0.29) is 5.97 Å². The van der Waals surface area contributed by atoms with Crippen LogP contribution in [0.15, 0.2) is 24.8 Å². The summed E-state index contributed by atoms with van der Waals surface area (Å²) in [6, 6.07) is 0.718. The van der Waals surface area contributed by atoms with Gasteiger partial charge in [-0.1, -0.05) is 0 Å². The zero-order valence-corrected chi connectivity index (χ0v) is 20.9. The molecule has 0 saturated heterocycles. The number of esters is 1. The highest BCUT2D eigenvalue weighted by Crippen LogP contribution is 2.10. The Hall–Kier alpha value is -1.35. The number of rotatable bonds is 8. The highest BCUT2D eigenvalue weighted by Gasteiger charge is 2.15. The van der Waals surface area contributed by atoms with Gasteiger partial charge in [0.1, 0.15) is 12.2 Å². The molecule has 0 amide bonds. The number of carbonyl (C=O) groups is 1. The van der Waals surface area contributed by atoms with Gasteiger partial charge in [-0.2, -0.15) is 0 Å². The summed E-state index contributed by atoms with van der Waals surface area (Å²) in [4.78, 5) is 27.2. The summed E-state index contributed by atoms with van der Waals surface area (Å²) < 4.78 is 17.5. The molecule has 2 aromatic rings. The van der Waals surface area contributed by atoms with Crippen LogP contribution < -0.4 is 15.2 Å². The fourth-order valence-corrected chi connectivity index (χ4v) is 2.23. The minimum atomic E-state index is -0.433. The molecule has 0 unspecified atom stereocenters. The first-order valence-electron chi connectivity index (χ1n) is 8.82. The van der Waals surface area contributed by atoms with Gasteiger partial charge in [0.25, 0.3) is 0 Å². The second kappa shape index (κ2) is 13.8. The molecule has 29 heavy (non-hydrogen) atoms. The van der Waals surface area contributed by atoms with Crippen molar-refractivity contribution in [2.24, 2.45) is 5.73 Å². The monoisotopic (exact) mass is 629 g/mol. The molecule has 0 bridgehead atoms. The van der Waals surface area contributed by atoms with E-state index in [0.29, 0.717) is 44.6 Å². The van der Waals surface area contributed by atoms with E-state index >= 15 is 0 Å². The number of nitrogens with zero attached hydrogens (tertiary/aromatic N) is 4. The lowest BCUT2D eigenvalue weighted by Crippen LogP contribution is -2.24. The van der Waals surface area contributed by atoms with E-state index in [9.17, 15) is 4.79 Å². The van der Waals surface area contributed by atoms with E-state index in [0.717, 1.165) is 7.14 Å². The number of hydrogen-bond donors (Lipinski definition) is 1. The lowest BCUT2D eigenvalue weighted by molar-refractivity contribution is -0.155. The summed E-state index contributed by atoms with van der Waals surface area (Å²) in [7, 11) is 0. The highest BCUT2D eigenvalue weighted by molar-refractivity contribution is 14.1. The standard InChI is InChI=1S/C12H17IN2O3.C6H8IN3O/c1-12(2,3)18-10(16)5-4-6-17-11-14-7-9(13)8-15-11;7-5-3-9-6(10-4-5)11-2-1-8/h7-8H,4-6H2,1-3H3;3-4H,1-2,8H2.